The van der Waals surface area contributed by atoms with E-state index in [9.17, 15) is 18.0 Å². The van der Waals surface area contributed by atoms with Crippen molar-refractivity contribution < 1.29 is 18.0 Å². The van der Waals surface area contributed by atoms with E-state index in [1.165, 1.54) is 4.31 Å². The van der Waals surface area contributed by atoms with Crippen molar-refractivity contribution in [3.05, 3.63) is 52.4 Å². The maximum Gasteiger partial charge on any atom is 0.271 e. The molecule has 144 valence electrons. The number of carbonyl (C=O) groups is 2. The fraction of sp³-hybridized carbons (Fsp3) is 0.294. The van der Waals surface area contributed by atoms with Gasteiger partial charge in [-0.3, -0.25) is 20.4 Å². The Balaban J connectivity index is 1.60. The summed E-state index contributed by atoms with van der Waals surface area (Å²) in [6, 6.07) is 9.70. The normalized spacial score (nSPS) is 18.0. The minimum atomic E-state index is -3.60. The Labute approximate surface area is 166 Å². The first-order chi connectivity index (χ1) is 12.9. The molecule has 0 aliphatic carbocycles. The quantitative estimate of drug-likeness (QED) is 0.731. The summed E-state index contributed by atoms with van der Waals surface area (Å²) in [5.74, 6) is -1.51. The van der Waals surface area contributed by atoms with Crippen molar-refractivity contribution in [1.29, 1.82) is 0 Å². The molecule has 1 unspecified atom stereocenters. The number of hydrazine groups is 1. The second-order valence-corrected chi connectivity index (χ2v) is 9.58. The van der Waals surface area contributed by atoms with Gasteiger partial charge >= 0.3 is 0 Å². The number of sulfonamides is 1. The Morgan fingerprint density at radius 2 is 1.93 bits per heavy atom. The second kappa shape index (κ2) is 8.39. The first-order valence-corrected chi connectivity index (χ1v) is 11.0. The van der Waals surface area contributed by atoms with Crippen molar-refractivity contribution in [3.8, 4) is 0 Å². The molecular weight excluding hydrogens is 410 g/mol. The van der Waals surface area contributed by atoms with Crippen molar-refractivity contribution in [3.63, 3.8) is 0 Å². The van der Waals surface area contributed by atoms with Crippen LogP contribution in [0.2, 0.25) is 5.02 Å². The Kier molecular flexibility index (Phi) is 6.15. The van der Waals surface area contributed by atoms with Gasteiger partial charge in [-0.2, -0.15) is 4.31 Å². The molecule has 3 rings (SSSR count). The van der Waals surface area contributed by atoms with Gasteiger partial charge in [0.15, 0.2) is 0 Å². The number of amides is 2. The zero-order chi connectivity index (χ0) is 19.4. The number of piperidine rings is 1. The van der Waals surface area contributed by atoms with Gasteiger partial charge in [-0.05, 0) is 36.4 Å². The van der Waals surface area contributed by atoms with Crippen molar-refractivity contribution in [2.45, 2.75) is 17.1 Å². The van der Waals surface area contributed by atoms with E-state index >= 15 is 0 Å². The topological polar surface area (TPSA) is 95.6 Å². The summed E-state index contributed by atoms with van der Waals surface area (Å²) in [6.45, 7) is 0.448. The van der Waals surface area contributed by atoms with E-state index in [1.54, 1.807) is 41.8 Å². The number of carbonyl (C=O) groups excluding carboxylic acids is 2. The standard InChI is InChI=1S/C17H18ClN3O4S2/c18-14-7-2-1-6-13(14)17(23)20-19-16(22)12-5-3-9-21(11-12)27(24,25)15-8-4-10-26-15/h1-2,4,6-8,10,12H,3,5,9,11H2,(H,19,22)(H,20,23). The van der Waals surface area contributed by atoms with E-state index in [1.807, 2.05) is 0 Å². The SMILES string of the molecule is O=C(NNC(=O)C1CCCN(S(=O)(=O)c2cccs2)C1)c1ccccc1Cl. The smallest absolute Gasteiger partial charge is 0.271 e. The first kappa shape index (κ1) is 19.8. The number of nitrogens with one attached hydrogen (secondary N) is 2. The Bertz CT molecular complexity index is 931. The predicted octanol–water partition coefficient (Wildman–Crippen LogP) is 2.26. The van der Waals surface area contributed by atoms with Gasteiger partial charge in [-0.1, -0.05) is 29.8 Å². The number of benzene rings is 1. The molecule has 1 aromatic heterocycles. The molecule has 0 saturated carbocycles. The summed E-state index contributed by atoms with van der Waals surface area (Å²) in [5.41, 5.74) is 4.94. The van der Waals surface area contributed by atoms with Gasteiger partial charge < -0.3 is 0 Å². The minimum absolute atomic E-state index is 0.0774. The Morgan fingerprint density at radius 3 is 2.63 bits per heavy atom. The molecule has 27 heavy (non-hydrogen) atoms. The molecule has 0 radical (unpaired) electrons. The molecule has 1 fully saturated rings. The molecule has 10 heteroatoms. The number of thiophene rings is 1. The molecule has 0 spiro atoms. The van der Waals surface area contributed by atoms with Crippen LogP contribution in [-0.4, -0.2) is 37.6 Å². The summed E-state index contributed by atoms with van der Waals surface area (Å²) < 4.78 is 26.8. The number of rotatable bonds is 4. The number of hydrogen-bond donors (Lipinski definition) is 2. The zero-order valence-electron chi connectivity index (χ0n) is 14.2. The lowest BCUT2D eigenvalue weighted by Crippen LogP contribution is -2.49. The highest BCUT2D eigenvalue weighted by Crippen LogP contribution is 2.26. The van der Waals surface area contributed by atoms with Gasteiger partial charge in [0, 0.05) is 13.1 Å². The van der Waals surface area contributed by atoms with Gasteiger partial charge in [0.1, 0.15) is 4.21 Å². The van der Waals surface area contributed by atoms with E-state index in [0.29, 0.717) is 19.4 Å². The number of halogens is 1. The summed E-state index contributed by atoms with van der Waals surface area (Å²) >= 11 is 7.10. The van der Waals surface area contributed by atoms with E-state index in [-0.39, 0.29) is 21.3 Å². The van der Waals surface area contributed by atoms with Crippen LogP contribution in [0.15, 0.2) is 46.0 Å². The maximum absolute atomic E-state index is 12.6. The molecule has 1 aliphatic rings. The highest BCUT2D eigenvalue weighted by atomic mass is 35.5. The molecule has 1 atom stereocenters. The fourth-order valence-corrected chi connectivity index (χ4v) is 5.74. The van der Waals surface area contributed by atoms with Gasteiger partial charge in [-0.25, -0.2) is 8.42 Å². The van der Waals surface area contributed by atoms with Crippen LogP contribution in [0.3, 0.4) is 0 Å². The molecule has 0 bridgehead atoms. The minimum Gasteiger partial charge on any atom is -0.273 e. The monoisotopic (exact) mass is 427 g/mol. The maximum atomic E-state index is 12.6. The summed E-state index contributed by atoms with van der Waals surface area (Å²) in [7, 11) is -3.60. The molecule has 1 aliphatic heterocycles. The van der Waals surface area contributed by atoms with Crippen molar-refractivity contribution >= 4 is 44.8 Å². The summed E-state index contributed by atoms with van der Waals surface area (Å²) in [4.78, 5) is 24.5. The molecule has 7 nitrogen and oxygen atoms in total. The third kappa shape index (κ3) is 4.49. The van der Waals surface area contributed by atoms with Gasteiger partial charge in [0.2, 0.25) is 5.91 Å². The number of hydrogen-bond acceptors (Lipinski definition) is 5. The average Bonchev–Trinajstić information content (AvgIpc) is 3.22. The lowest BCUT2D eigenvalue weighted by atomic mass is 9.99. The van der Waals surface area contributed by atoms with Crippen molar-refractivity contribution in [2.75, 3.05) is 13.1 Å². The van der Waals surface area contributed by atoms with Gasteiger partial charge in [-0.15, -0.1) is 11.3 Å². The lowest BCUT2D eigenvalue weighted by Gasteiger charge is -2.30. The number of nitrogens with zero attached hydrogens (tertiary/aromatic N) is 1. The highest BCUT2D eigenvalue weighted by Gasteiger charge is 2.34. The molecule has 2 amide bonds. The van der Waals surface area contributed by atoms with Crippen LogP contribution in [0.1, 0.15) is 23.2 Å². The van der Waals surface area contributed by atoms with E-state index in [2.05, 4.69) is 10.9 Å². The van der Waals surface area contributed by atoms with Crippen molar-refractivity contribution in [1.82, 2.24) is 15.2 Å². The average molecular weight is 428 g/mol. The molecule has 1 aromatic carbocycles. The van der Waals surface area contributed by atoms with Gasteiger partial charge in [0.25, 0.3) is 15.9 Å². The third-order valence-electron chi connectivity index (χ3n) is 4.26. The third-order valence-corrected chi connectivity index (χ3v) is 7.83. The van der Waals surface area contributed by atoms with Crippen LogP contribution in [-0.2, 0) is 14.8 Å². The molecule has 2 heterocycles. The van der Waals surface area contributed by atoms with Crippen molar-refractivity contribution in [2.24, 2.45) is 5.92 Å². The first-order valence-electron chi connectivity index (χ1n) is 8.28. The van der Waals surface area contributed by atoms with Gasteiger partial charge in [0.05, 0.1) is 16.5 Å². The lowest BCUT2D eigenvalue weighted by molar-refractivity contribution is -0.126. The second-order valence-electron chi connectivity index (χ2n) is 6.06. The van der Waals surface area contributed by atoms with Crippen LogP contribution in [0.25, 0.3) is 0 Å². The van der Waals surface area contributed by atoms with Crippen LogP contribution in [0.5, 0.6) is 0 Å². The van der Waals surface area contributed by atoms with Crippen LogP contribution >= 0.6 is 22.9 Å². The molecule has 1 saturated heterocycles. The largest absolute Gasteiger partial charge is 0.273 e. The molecular formula is C17H18ClN3O4S2. The van der Waals surface area contributed by atoms with E-state index in [4.69, 9.17) is 11.6 Å². The summed E-state index contributed by atoms with van der Waals surface area (Å²) in [5, 5.41) is 1.97. The fourth-order valence-electron chi connectivity index (χ4n) is 2.85. The Hall–Kier alpha value is -1.94. The zero-order valence-corrected chi connectivity index (χ0v) is 16.6. The molecule has 2 aromatic rings. The predicted molar refractivity (Wildman–Crippen MR) is 103 cm³/mol. The van der Waals surface area contributed by atoms with Crippen LogP contribution < -0.4 is 10.9 Å². The van der Waals surface area contributed by atoms with Crippen LogP contribution in [0.4, 0.5) is 0 Å². The highest BCUT2D eigenvalue weighted by molar-refractivity contribution is 7.91. The van der Waals surface area contributed by atoms with E-state index in [0.717, 1.165) is 11.3 Å². The van der Waals surface area contributed by atoms with E-state index < -0.39 is 27.8 Å². The molecule has 2 N–H and O–H groups in total. The summed E-state index contributed by atoms with van der Waals surface area (Å²) in [6.07, 6.45) is 1.12. The van der Waals surface area contributed by atoms with Crippen LogP contribution in [0, 0.1) is 5.92 Å². The Morgan fingerprint density at radius 1 is 1.15 bits per heavy atom.